The van der Waals surface area contributed by atoms with E-state index in [-0.39, 0.29) is 11.9 Å². The van der Waals surface area contributed by atoms with Gasteiger partial charge in [0.15, 0.2) is 0 Å². The summed E-state index contributed by atoms with van der Waals surface area (Å²) in [7, 11) is 0. The van der Waals surface area contributed by atoms with E-state index in [1.807, 2.05) is 11.0 Å². The first kappa shape index (κ1) is 18.3. The molecule has 0 aromatic heterocycles. The first-order chi connectivity index (χ1) is 12.2. The van der Waals surface area contributed by atoms with Crippen LogP contribution in [0.15, 0.2) is 30.3 Å². The molecule has 138 valence electrons. The summed E-state index contributed by atoms with van der Waals surface area (Å²) in [6.45, 7) is 8.09. The van der Waals surface area contributed by atoms with E-state index >= 15 is 0 Å². The smallest absolute Gasteiger partial charge is 0.236 e. The van der Waals surface area contributed by atoms with Crippen molar-refractivity contribution in [3.63, 3.8) is 0 Å². The van der Waals surface area contributed by atoms with Gasteiger partial charge in [-0.2, -0.15) is 0 Å². The summed E-state index contributed by atoms with van der Waals surface area (Å²) in [6, 6.07) is 10.6. The maximum Gasteiger partial charge on any atom is 0.236 e. The minimum Gasteiger partial charge on any atom is -0.378 e. The summed E-state index contributed by atoms with van der Waals surface area (Å²) in [5, 5.41) is 0. The number of carbonyl (C=O) groups excluding carboxylic acids is 1. The van der Waals surface area contributed by atoms with Crippen LogP contribution in [0.2, 0.25) is 0 Å². The second kappa shape index (κ2) is 9.29. The molecule has 1 atom stereocenters. The molecule has 25 heavy (non-hydrogen) atoms. The molecule has 2 saturated heterocycles. The highest BCUT2D eigenvalue weighted by molar-refractivity contribution is 5.78. The van der Waals surface area contributed by atoms with E-state index in [1.165, 1.54) is 5.56 Å². The van der Waals surface area contributed by atoms with E-state index < -0.39 is 0 Å². The lowest BCUT2D eigenvalue weighted by molar-refractivity contribution is -0.136. The Morgan fingerprint density at radius 2 is 1.64 bits per heavy atom. The highest BCUT2D eigenvalue weighted by atomic mass is 16.5. The fourth-order valence-electron chi connectivity index (χ4n) is 3.55. The Kier molecular flexibility index (Phi) is 6.81. The lowest BCUT2D eigenvalue weighted by Crippen LogP contribution is -2.53. The van der Waals surface area contributed by atoms with Crippen molar-refractivity contribution in [2.45, 2.75) is 12.5 Å². The third kappa shape index (κ3) is 5.78. The van der Waals surface area contributed by atoms with Crippen molar-refractivity contribution in [1.82, 2.24) is 14.7 Å². The van der Waals surface area contributed by atoms with Gasteiger partial charge in [0, 0.05) is 51.9 Å². The Hall–Kier alpha value is -1.47. The number of carbonyl (C=O) groups is 1. The standard InChI is InChI=1S/C19H30N4O2/c20-18(14-17-4-2-1-3-5-17)15-21-6-8-22(9-7-21)16-19(24)23-10-12-25-13-11-23/h1-5,18H,6-16,20H2/t18-/m0/s1. The molecule has 2 aliphatic heterocycles. The average Bonchev–Trinajstić information content (AvgIpc) is 2.65. The zero-order valence-corrected chi connectivity index (χ0v) is 15.0. The molecule has 0 unspecified atom stereocenters. The van der Waals surface area contributed by atoms with Crippen LogP contribution in [0.25, 0.3) is 0 Å². The van der Waals surface area contributed by atoms with Crippen LogP contribution < -0.4 is 5.73 Å². The third-order valence-corrected chi connectivity index (χ3v) is 5.02. The zero-order valence-electron chi connectivity index (χ0n) is 15.0. The SMILES string of the molecule is N[C@@H](Cc1ccccc1)CN1CCN(CC(=O)N2CCOCC2)CC1. The quantitative estimate of drug-likeness (QED) is 0.788. The molecule has 0 saturated carbocycles. The van der Waals surface area contributed by atoms with Crippen LogP contribution in [0.1, 0.15) is 5.56 Å². The van der Waals surface area contributed by atoms with Crippen molar-refractivity contribution >= 4 is 5.91 Å². The van der Waals surface area contributed by atoms with Crippen molar-refractivity contribution in [2.75, 3.05) is 65.6 Å². The van der Waals surface area contributed by atoms with Gasteiger partial charge in [-0.05, 0) is 12.0 Å². The summed E-state index contributed by atoms with van der Waals surface area (Å²) >= 11 is 0. The number of nitrogens with zero attached hydrogens (tertiary/aromatic N) is 3. The van der Waals surface area contributed by atoms with Crippen LogP contribution in [-0.4, -0.2) is 92.2 Å². The van der Waals surface area contributed by atoms with Gasteiger partial charge in [-0.3, -0.25) is 14.6 Å². The van der Waals surface area contributed by atoms with Gasteiger partial charge in [0.25, 0.3) is 0 Å². The van der Waals surface area contributed by atoms with E-state index in [0.717, 1.165) is 52.2 Å². The molecular formula is C19H30N4O2. The van der Waals surface area contributed by atoms with Gasteiger partial charge in [0.05, 0.1) is 19.8 Å². The van der Waals surface area contributed by atoms with Crippen LogP contribution in [-0.2, 0) is 16.0 Å². The zero-order chi connectivity index (χ0) is 17.5. The summed E-state index contributed by atoms with van der Waals surface area (Å²) in [5.74, 6) is 0.234. The van der Waals surface area contributed by atoms with Crippen LogP contribution in [0.3, 0.4) is 0 Å². The fourth-order valence-corrected chi connectivity index (χ4v) is 3.55. The molecule has 2 aliphatic rings. The van der Waals surface area contributed by atoms with E-state index in [1.54, 1.807) is 0 Å². The highest BCUT2D eigenvalue weighted by Crippen LogP contribution is 2.07. The summed E-state index contributed by atoms with van der Waals surface area (Å²) in [4.78, 5) is 18.9. The van der Waals surface area contributed by atoms with E-state index in [9.17, 15) is 4.79 Å². The van der Waals surface area contributed by atoms with Gasteiger partial charge in [0.1, 0.15) is 0 Å². The summed E-state index contributed by atoms with van der Waals surface area (Å²) < 4.78 is 5.31. The highest BCUT2D eigenvalue weighted by Gasteiger charge is 2.23. The molecule has 0 radical (unpaired) electrons. The van der Waals surface area contributed by atoms with Crippen LogP contribution in [0.5, 0.6) is 0 Å². The molecule has 0 bridgehead atoms. The summed E-state index contributed by atoms with van der Waals surface area (Å²) in [5.41, 5.74) is 7.62. The number of hydrogen-bond donors (Lipinski definition) is 1. The number of nitrogens with two attached hydrogens (primary N) is 1. The molecule has 1 amide bonds. The first-order valence-corrected chi connectivity index (χ1v) is 9.30. The molecule has 3 rings (SSSR count). The molecular weight excluding hydrogens is 316 g/mol. The number of benzene rings is 1. The van der Waals surface area contributed by atoms with Gasteiger partial charge in [-0.25, -0.2) is 0 Å². The normalized spacial score (nSPS) is 21.2. The van der Waals surface area contributed by atoms with Crippen molar-refractivity contribution in [1.29, 1.82) is 0 Å². The maximum atomic E-state index is 12.3. The predicted molar refractivity (Wildman–Crippen MR) is 98.4 cm³/mol. The number of ether oxygens (including phenoxy) is 1. The number of morpholine rings is 1. The minimum absolute atomic E-state index is 0.156. The Bertz CT molecular complexity index is 525. The van der Waals surface area contributed by atoms with Gasteiger partial charge in [-0.15, -0.1) is 0 Å². The second-order valence-corrected chi connectivity index (χ2v) is 7.02. The maximum absolute atomic E-state index is 12.3. The Morgan fingerprint density at radius 3 is 2.32 bits per heavy atom. The molecule has 0 spiro atoms. The molecule has 1 aromatic rings. The van der Waals surface area contributed by atoms with Gasteiger partial charge >= 0.3 is 0 Å². The average molecular weight is 346 g/mol. The molecule has 2 fully saturated rings. The molecule has 1 aromatic carbocycles. The lowest BCUT2D eigenvalue weighted by Gasteiger charge is -2.36. The van der Waals surface area contributed by atoms with E-state index in [4.69, 9.17) is 10.5 Å². The topological polar surface area (TPSA) is 62.0 Å². The largest absolute Gasteiger partial charge is 0.378 e. The second-order valence-electron chi connectivity index (χ2n) is 7.02. The number of rotatable bonds is 6. The molecule has 0 aliphatic carbocycles. The lowest BCUT2D eigenvalue weighted by atomic mass is 10.1. The summed E-state index contributed by atoms with van der Waals surface area (Å²) in [6.07, 6.45) is 0.913. The molecule has 2 N–H and O–H groups in total. The van der Waals surface area contributed by atoms with Gasteiger partial charge < -0.3 is 15.4 Å². The Labute approximate surface area is 150 Å². The number of amides is 1. The fraction of sp³-hybridized carbons (Fsp3) is 0.632. The monoisotopic (exact) mass is 346 g/mol. The van der Waals surface area contributed by atoms with Gasteiger partial charge in [0.2, 0.25) is 5.91 Å². The van der Waals surface area contributed by atoms with Crippen LogP contribution in [0, 0.1) is 0 Å². The molecule has 6 heteroatoms. The Morgan fingerprint density at radius 1 is 1.00 bits per heavy atom. The minimum atomic E-state index is 0.156. The predicted octanol–water partition coefficient (Wildman–Crippen LogP) is 0.0328. The number of hydrogen-bond acceptors (Lipinski definition) is 5. The first-order valence-electron chi connectivity index (χ1n) is 9.30. The van der Waals surface area contributed by atoms with Crippen molar-refractivity contribution in [2.24, 2.45) is 5.73 Å². The number of piperazine rings is 1. The molecule has 6 nitrogen and oxygen atoms in total. The van der Waals surface area contributed by atoms with Crippen LogP contribution in [0.4, 0.5) is 0 Å². The van der Waals surface area contributed by atoms with Gasteiger partial charge in [-0.1, -0.05) is 30.3 Å². The van der Waals surface area contributed by atoms with Crippen LogP contribution >= 0.6 is 0 Å². The van der Waals surface area contributed by atoms with Crippen molar-refractivity contribution < 1.29 is 9.53 Å². The third-order valence-electron chi connectivity index (χ3n) is 5.02. The van der Waals surface area contributed by atoms with E-state index in [0.29, 0.717) is 19.8 Å². The Balaban J connectivity index is 1.36. The van der Waals surface area contributed by atoms with E-state index in [2.05, 4.69) is 34.1 Å². The van der Waals surface area contributed by atoms with Crippen molar-refractivity contribution in [3.05, 3.63) is 35.9 Å². The molecule has 2 heterocycles. The van der Waals surface area contributed by atoms with Crippen molar-refractivity contribution in [3.8, 4) is 0 Å².